The van der Waals surface area contributed by atoms with Gasteiger partial charge in [-0.25, -0.2) is 9.18 Å². The Balaban J connectivity index is 1.49. The third kappa shape index (κ3) is 4.69. The predicted octanol–water partition coefficient (Wildman–Crippen LogP) is 4.09. The lowest BCUT2D eigenvalue weighted by molar-refractivity contribution is -0.143. The first-order valence-electron chi connectivity index (χ1n) is 11.1. The van der Waals surface area contributed by atoms with Gasteiger partial charge in [-0.3, -0.25) is 9.59 Å². The zero-order valence-corrected chi connectivity index (χ0v) is 18.4. The smallest absolute Gasteiger partial charge is 0.335 e. The fourth-order valence-corrected chi connectivity index (χ4v) is 4.64. The summed E-state index contributed by atoms with van der Waals surface area (Å²) in [6.07, 6.45) is 2.43. The van der Waals surface area contributed by atoms with Crippen LogP contribution < -0.4 is 10.1 Å². The maximum atomic E-state index is 13.9. The number of amides is 1. The number of esters is 1. The molecule has 0 aromatic heterocycles. The normalized spacial score (nSPS) is 20.5. The van der Waals surface area contributed by atoms with Crippen LogP contribution in [0.4, 0.5) is 10.1 Å². The molecule has 33 heavy (non-hydrogen) atoms. The molecule has 0 unspecified atom stereocenters. The molecule has 4 rings (SSSR count). The molecule has 7 nitrogen and oxygen atoms in total. The van der Waals surface area contributed by atoms with E-state index in [1.165, 1.54) is 18.2 Å². The summed E-state index contributed by atoms with van der Waals surface area (Å²) in [7, 11) is 0. The first kappa shape index (κ1) is 22.8. The van der Waals surface area contributed by atoms with Crippen molar-refractivity contribution in [2.24, 2.45) is 5.92 Å². The van der Waals surface area contributed by atoms with E-state index in [1.807, 2.05) is 0 Å². The molecular weight excluding hydrogens is 429 g/mol. The molecule has 2 aromatic rings. The molecule has 1 aliphatic carbocycles. The van der Waals surface area contributed by atoms with E-state index in [0.717, 1.165) is 11.1 Å². The summed E-state index contributed by atoms with van der Waals surface area (Å²) >= 11 is 0. The van der Waals surface area contributed by atoms with Gasteiger partial charge in [0.15, 0.2) is 0 Å². The highest BCUT2D eigenvalue weighted by molar-refractivity contribution is 5.97. The number of carbonyl (C=O) groups excluding carboxylic acids is 2. The summed E-state index contributed by atoms with van der Waals surface area (Å²) in [4.78, 5) is 36.2. The summed E-state index contributed by atoms with van der Waals surface area (Å²) in [6, 6.07) is 8.95. The first-order chi connectivity index (χ1) is 15.8. The Morgan fingerprint density at radius 3 is 2.82 bits per heavy atom. The first-order valence-corrected chi connectivity index (χ1v) is 11.1. The molecule has 0 saturated heterocycles. The highest BCUT2D eigenvalue weighted by Crippen LogP contribution is 2.61. The molecule has 1 heterocycles. The second kappa shape index (κ2) is 9.21. The number of fused-ring (bicyclic) bond motifs is 2. The minimum atomic E-state index is -1.03. The molecule has 2 atom stereocenters. The van der Waals surface area contributed by atoms with Crippen molar-refractivity contribution in [3.05, 3.63) is 58.9 Å². The molecule has 8 heteroatoms. The van der Waals surface area contributed by atoms with Crippen molar-refractivity contribution < 1.29 is 33.4 Å². The van der Waals surface area contributed by atoms with Gasteiger partial charge in [-0.05, 0) is 68.5 Å². The minimum Gasteiger partial charge on any atom is -0.493 e. The van der Waals surface area contributed by atoms with Gasteiger partial charge in [0.05, 0.1) is 18.8 Å². The highest BCUT2D eigenvalue weighted by atomic mass is 19.1. The SMILES string of the molecule is CCOC(=O)CCCc1ccc(F)cc1NC(=O)[C@@H]1C[C@]12CCOc1ccc(C(=O)O)cc12. The zero-order valence-electron chi connectivity index (χ0n) is 18.4. The number of hydrogen-bond acceptors (Lipinski definition) is 5. The number of carbonyl (C=O) groups is 3. The number of carboxylic acid groups (broad SMARTS) is 1. The average molecular weight is 455 g/mol. The number of benzene rings is 2. The second-order valence-electron chi connectivity index (χ2n) is 8.48. The van der Waals surface area contributed by atoms with Crippen LogP contribution in [0.25, 0.3) is 0 Å². The van der Waals surface area contributed by atoms with E-state index in [0.29, 0.717) is 50.3 Å². The van der Waals surface area contributed by atoms with Crippen molar-refractivity contribution in [2.75, 3.05) is 18.5 Å². The third-order valence-electron chi connectivity index (χ3n) is 6.42. The van der Waals surface area contributed by atoms with E-state index in [1.54, 1.807) is 25.1 Å². The van der Waals surface area contributed by atoms with E-state index in [-0.39, 0.29) is 29.8 Å². The Labute approximate surface area is 190 Å². The number of aromatic carboxylic acids is 1. The van der Waals surface area contributed by atoms with Crippen LogP contribution in [-0.4, -0.2) is 36.2 Å². The topological polar surface area (TPSA) is 102 Å². The molecule has 2 N–H and O–H groups in total. The van der Waals surface area contributed by atoms with Gasteiger partial charge in [0.25, 0.3) is 0 Å². The van der Waals surface area contributed by atoms with E-state index in [4.69, 9.17) is 9.47 Å². The lowest BCUT2D eigenvalue weighted by atomic mass is 9.86. The van der Waals surface area contributed by atoms with E-state index >= 15 is 0 Å². The zero-order chi connectivity index (χ0) is 23.6. The molecular formula is C25H26FNO6. The molecule has 0 radical (unpaired) electrons. The van der Waals surface area contributed by atoms with Crippen molar-refractivity contribution >= 4 is 23.5 Å². The maximum Gasteiger partial charge on any atom is 0.335 e. The Morgan fingerprint density at radius 1 is 1.24 bits per heavy atom. The van der Waals surface area contributed by atoms with Crippen LogP contribution in [0.1, 0.15) is 54.1 Å². The fraction of sp³-hybridized carbons (Fsp3) is 0.400. The third-order valence-corrected chi connectivity index (χ3v) is 6.42. The second-order valence-corrected chi connectivity index (χ2v) is 8.48. The number of carboxylic acids is 1. The molecule has 0 bridgehead atoms. The monoisotopic (exact) mass is 455 g/mol. The quantitative estimate of drug-likeness (QED) is 0.582. The van der Waals surface area contributed by atoms with Gasteiger partial charge in [0.1, 0.15) is 11.6 Å². The number of halogens is 1. The van der Waals surface area contributed by atoms with Gasteiger partial charge in [0.2, 0.25) is 5.91 Å². The number of anilines is 1. The standard InChI is InChI=1S/C25H26FNO6/c1-2-32-22(28)5-3-4-15-6-8-17(26)13-20(15)27-23(29)19-14-25(19)10-11-33-21-9-7-16(24(30)31)12-18(21)25/h6-9,12-13,19H,2-5,10-11,14H2,1H3,(H,27,29)(H,30,31)/t19-,25-/m0/s1. The number of aryl methyl sites for hydroxylation is 1. The molecule has 2 aromatic carbocycles. The van der Waals surface area contributed by atoms with Crippen molar-refractivity contribution in [3.8, 4) is 5.75 Å². The van der Waals surface area contributed by atoms with Crippen LogP contribution in [0, 0.1) is 11.7 Å². The molecule has 1 saturated carbocycles. The summed E-state index contributed by atoms with van der Waals surface area (Å²) in [5.74, 6) is -1.78. The number of hydrogen-bond donors (Lipinski definition) is 2. The largest absolute Gasteiger partial charge is 0.493 e. The molecule has 1 spiro atoms. The average Bonchev–Trinajstić information content (AvgIpc) is 3.50. The Kier molecular flexibility index (Phi) is 6.35. The Hall–Kier alpha value is -3.42. The summed E-state index contributed by atoms with van der Waals surface area (Å²) in [5, 5.41) is 12.2. The van der Waals surface area contributed by atoms with Gasteiger partial charge >= 0.3 is 11.9 Å². The fourth-order valence-electron chi connectivity index (χ4n) is 4.64. The van der Waals surface area contributed by atoms with Crippen molar-refractivity contribution in [1.29, 1.82) is 0 Å². The van der Waals surface area contributed by atoms with E-state index in [2.05, 4.69) is 5.32 Å². The lowest BCUT2D eigenvalue weighted by Gasteiger charge is -2.27. The molecule has 174 valence electrons. The van der Waals surface area contributed by atoms with Crippen molar-refractivity contribution in [2.45, 2.75) is 44.4 Å². The van der Waals surface area contributed by atoms with E-state index < -0.39 is 17.2 Å². The summed E-state index contributed by atoms with van der Waals surface area (Å²) in [5.41, 5.74) is 1.55. The van der Waals surface area contributed by atoms with Gasteiger partial charge in [-0.15, -0.1) is 0 Å². The number of ether oxygens (including phenoxy) is 2. The summed E-state index contributed by atoms with van der Waals surface area (Å²) < 4.78 is 24.6. The van der Waals surface area contributed by atoms with Crippen molar-refractivity contribution in [3.63, 3.8) is 0 Å². The molecule has 1 aliphatic heterocycles. The van der Waals surface area contributed by atoms with Crippen LogP contribution in [0.2, 0.25) is 0 Å². The van der Waals surface area contributed by atoms with Crippen molar-refractivity contribution in [1.82, 2.24) is 0 Å². The molecule has 1 fully saturated rings. The van der Waals surface area contributed by atoms with E-state index in [9.17, 15) is 23.9 Å². The van der Waals surface area contributed by atoms with Crippen LogP contribution >= 0.6 is 0 Å². The van der Waals surface area contributed by atoms with Crippen LogP contribution in [0.15, 0.2) is 36.4 Å². The number of nitrogens with one attached hydrogen (secondary N) is 1. The van der Waals surface area contributed by atoms with Gasteiger partial charge < -0.3 is 19.9 Å². The minimum absolute atomic E-state index is 0.152. The molecule has 1 amide bonds. The highest BCUT2D eigenvalue weighted by Gasteiger charge is 2.61. The maximum absolute atomic E-state index is 13.9. The van der Waals surface area contributed by atoms with Crippen LogP contribution in [-0.2, 0) is 26.2 Å². The lowest BCUT2D eigenvalue weighted by Crippen LogP contribution is -2.27. The Bertz CT molecular complexity index is 1100. The van der Waals surface area contributed by atoms with Crippen LogP contribution in [0.3, 0.4) is 0 Å². The number of rotatable bonds is 8. The Morgan fingerprint density at radius 2 is 2.06 bits per heavy atom. The predicted molar refractivity (Wildman–Crippen MR) is 118 cm³/mol. The van der Waals surface area contributed by atoms with Gasteiger partial charge in [0, 0.05) is 29.0 Å². The summed E-state index contributed by atoms with van der Waals surface area (Å²) in [6.45, 7) is 2.51. The molecule has 2 aliphatic rings. The van der Waals surface area contributed by atoms with Crippen LogP contribution in [0.5, 0.6) is 5.75 Å². The van der Waals surface area contributed by atoms with Gasteiger partial charge in [-0.1, -0.05) is 6.07 Å². The van der Waals surface area contributed by atoms with Gasteiger partial charge in [-0.2, -0.15) is 0 Å².